The van der Waals surface area contributed by atoms with E-state index in [0.717, 1.165) is 4.90 Å². The highest BCUT2D eigenvalue weighted by atomic mass is 16.5. The van der Waals surface area contributed by atoms with E-state index in [1.54, 1.807) is 6.07 Å². The molecule has 6 heteroatoms. The number of amides is 2. The highest BCUT2D eigenvalue weighted by Crippen LogP contribution is 2.23. The molecule has 0 fully saturated rings. The fourth-order valence-corrected chi connectivity index (χ4v) is 1.83. The van der Waals surface area contributed by atoms with Crippen molar-refractivity contribution in [1.82, 2.24) is 9.88 Å². The summed E-state index contributed by atoms with van der Waals surface area (Å²) in [6, 6.07) is 2.65. The third kappa shape index (κ3) is 1.75. The molecule has 0 bridgehead atoms. The van der Waals surface area contributed by atoms with Crippen LogP contribution < -0.4 is 0 Å². The van der Waals surface area contributed by atoms with Crippen LogP contribution in [0, 0.1) is 11.3 Å². The van der Waals surface area contributed by atoms with Crippen molar-refractivity contribution >= 4 is 11.8 Å². The van der Waals surface area contributed by atoms with Crippen molar-refractivity contribution in [3.05, 3.63) is 29.1 Å². The van der Waals surface area contributed by atoms with Crippen LogP contribution in [0.3, 0.4) is 0 Å². The molecule has 0 aliphatic carbocycles. The SMILES string of the molecule is COCc1cnc2c(c1)C(=O)N(C(C)C#N)C2=O. The Labute approximate surface area is 104 Å². The standard InChI is InChI=1S/C12H11N3O3/c1-7(4-13)15-11(16)9-3-8(6-18-2)5-14-10(9)12(15)17/h3,5,7H,6H2,1-2H3. The van der Waals surface area contributed by atoms with Gasteiger partial charge in [0.2, 0.25) is 0 Å². The Balaban J connectivity index is 2.43. The molecule has 1 aliphatic heterocycles. The lowest BCUT2D eigenvalue weighted by Gasteiger charge is -2.14. The molecule has 1 unspecified atom stereocenters. The number of carbonyl (C=O) groups is 2. The predicted octanol–water partition coefficient (Wildman–Crippen LogP) is 0.736. The molecule has 18 heavy (non-hydrogen) atoms. The Hall–Kier alpha value is -2.26. The number of nitrogens with zero attached hydrogens (tertiary/aromatic N) is 3. The molecule has 6 nitrogen and oxygen atoms in total. The summed E-state index contributed by atoms with van der Waals surface area (Å²) in [5.41, 5.74) is 1.04. The number of nitriles is 1. The van der Waals surface area contributed by atoms with Crippen molar-refractivity contribution < 1.29 is 14.3 Å². The first-order valence-corrected chi connectivity index (χ1v) is 5.35. The molecule has 1 aliphatic rings. The first-order chi connectivity index (χ1) is 8.60. The summed E-state index contributed by atoms with van der Waals surface area (Å²) < 4.78 is 4.94. The molecule has 0 aromatic carbocycles. The lowest BCUT2D eigenvalue weighted by atomic mass is 10.1. The molecule has 0 N–H and O–H groups in total. The Bertz CT molecular complexity index is 562. The van der Waals surface area contributed by atoms with Crippen LogP contribution in [0.4, 0.5) is 0 Å². The van der Waals surface area contributed by atoms with Gasteiger partial charge >= 0.3 is 0 Å². The van der Waals surface area contributed by atoms with E-state index in [4.69, 9.17) is 10.00 Å². The number of hydrogen-bond donors (Lipinski definition) is 0. The average Bonchev–Trinajstić information content (AvgIpc) is 2.61. The molecular formula is C12H11N3O3. The fourth-order valence-electron chi connectivity index (χ4n) is 1.83. The van der Waals surface area contributed by atoms with Crippen molar-refractivity contribution in [1.29, 1.82) is 5.26 Å². The van der Waals surface area contributed by atoms with E-state index in [9.17, 15) is 9.59 Å². The van der Waals surface area contributed by atoms with E-state index in [1.165, 1.54) is 20.2 Å². The monoisotopic (exact) mass is 245 g/mol. The molecule has 92 valence electrons. The lowest BCUT2D eigenvalue weighted by Crippen LogP contribution is -2.37. The molecule has 0 saturated carbocycles. The quantitative estimate of drug-likeness (QED) is 0.733. The Morgan fingerprint density at radius 3 is 2.83 bits per heavy atom. The molecule has 2 rings (SSSR count). The molecule has 1 aromatic heterocycles. The van der Waals surface area contributed by atoms with Crippen molar-refractivity contribution in [3.8, 4) is 6.07 Å². The van der Waals surface area contributed by atoms with E-state index in [2.05, 4.69) is 4.98 Å². The van der Waals surface area contributed by atoms with Gasteiger partial charge in [0, 0.05) is 13.3 Å². The predicted molar refractivity (Wildman–Crippen MR) is 60.5 cm³/mol. The average molecular weight is 245 g/mol. The van der Waals surface area contributed by atoms with Gasteiger partial charge in [-0.1, -0.05) is 0 Å². The van der Waals surface area contributed by atoms with Gasteiger partial charge in [-0.3, -0.25) is 14.5 Å². The van der Waals surface area contributed by atoms with Crippen LogP contribution >= 0.6 is 0 Å². The van der Waals surface area contributed by atoms with Crippen molar-refractivity contribution in [3.63, 3.8) is 0 Å². The third-order valence-electron chi connectivity index (χ3n) is 2.70. The number of aromatic nitrogens is 1. The molecule has 0 spiro atoms. The van der Waals surface area contributed by atoms with Gasteiger partial charge in [0.05, 0.1) is 18.2 Å². The number of carbonyl (C=O) groups excluding carboxylic acids is 2. The highest BCUT2D eigenvalue weighted by Gasteiger charge is 2.39. The van der Waals surface area contributed by atoms with Gasteiger partial charge in [-0.15, -0.1) is 0 Å². The number of imide groups is 1. The van der Waals surface area contributed by atoms with Gasteiger partial charge in [-0.2, -0.15) is 5.26 Å². The number of ether oxygens (including phenoxy) is 1. The summed E-state index contributed by atoms with van der Waals surface area (Å²) >= 11 is 0. The smallest absolute Gasteiger partial charge is 0.281 e. The zero-order valence-electron chi connectivity index (χ0n) is 10.0. The van der Waals surface area contributed by atoms with Gasteiger partial charge in [0.15, 0.2) is 0 Å². The highest BCUT2D eigenvalue weighted by molar-refractivity contribution is 6.20. The lowest BCUT2D eigenvalue weighted by molar-refractivity contribution is 0.0627. The summed E-state index contributed by atoms with van der Waals surface area (Å²) in [4.78, 5) is 28.9. The molecule has 1 aromatic rings. The van der Waals surface area contributed by atoms with Crippen LogP contribution in [-0.2, 0) is 11.3 Å². The van der Waals surface area contributed by atoms with Crippen LogP contribution in [-0.4, -0.2) is 34.8 Å². The minimum atomic E-state index is -0.801. The second kappa shape index (κ2) is 4.55. The fraction of sp³-hybridized carbons (Fsp3) is 0.333. The maximum atomic E-state index is 12.0. The minimum Gasteiger partial charge on any atom is -0.380 e. The second-order valence-corrected chi connectivity index (χ2v) is 3.96. The van der Waals surface area contributed by atoms with Gasteiger partial charge in [0.1, 0.15) is 11.7 Å². The Morgan fingerprint density at radius 2 is 2.22 bits per heavy atom. The van der Waals surface area contributed by atoms with Crippen molar-refractivity contribution in [2.45, 2.75) is 19.6 Å². The van der Waals surface area contributed by atoms with E-state index >= 15 is 0 Å². The molecule has 0 radical (unpaired) electrons. The van der Waals surface area contributed by atoms with Gasteiger partial charge in [-0.05, 0) is 18.6 Å². The number of methoxy groups -OCH3 is 1. The number of rotatable bonds is 3. The van der Waals surface area contributed by atoms with E-state index in [-0.39, 0.29) is 11.3 Å². The van der Waals surface area contributed by atoms with Crippen LogP contribution in [0.1, 0.15) is 33.3 Å². The Kier molecular flexibility index (Phi) is 3.08. The third-order valence-corrected chi connectivity index (χ3v) is 2.70. The zero-order valence-corrected chi connectivity index (χ0v) is 10.0. The summed E-state index contributed by atoms with van der Waals surface area (Å²) in [5, 5.41) is 8.81. The van der Waals surface area contributed by atoms with Crippen molar-refractivity contribution in [2.75, 3.05) is 7.11 Å². The van der Waals surface area contributed by atoms with E-state index in [0.29, 0.717) is 12.2 Å². The maximum absolute atomic E-state index is 12.0. The normalized spacial score (nSPS) is 15.5. The summed E-state index contributed by atoms with van der Waals surface area (Å²) in [6.45, 7) is 1.81. The number of fused-ring (bicyclic) bond motifs is 1. The van der Waals surface area contributed by atoms with Crippen LogP contribution in [0.2, 0.25) is 0 Å². The number of pyridine rings is 1. The topological polar surface area (TPSA) is 83.3 Å². The van der Waals surface area contributed by atoms with E-state index < -0.39 is 17.9 Å². The first kappa shape index (κ1) is 12.2. The number of hydrogen-bond acceptors (Lipinski definition) is 5. The molecular weight excluding hydrogens is 234 g/mol. The second-order valence-electron chi connectivity index (χ2n) is 3.96. The molecule has 0 saturated heterocycles. The first-order valence-electron chi connectivity index (χ1n) is 5.35. The van der Waals surface area contributed by atoms with Crippen molar-refractivity contribution in [2.24, 2.45) is 0 Å². The summed E-state index contributed by atoms with van der Waals surface area (Å²) in [7, 11) is 1.53. The Morgan fingerprint density at radius 1 is 1.50 bits per heavy atom. The largest absolute Gasteiger partial charge is 0.380 e. The minimum absolute atomic E-state index is 0.0990. The van der Waals surface area contributed by atoms with Crippen LogP contribution in [0.25, 0.3) is 0 Å². The molecule has 2 heterocycles. The zero-order chi connectivity index (χ0) is 13.3. The summed E-state index contributed by atoms with van der Waals surface area (Å²) in [6.07, 6.45) is 1.49. The van der Waals surface area contributed by atoms with E-state index in [1.807, 2.05) is 6.07 Å². The van der Waals surface area contributed by atoms with Crippen LogP contribution in [0.15, 0.2) is 12.3 Å². The van der Waals surface area contributed by atoms with Gasteiger partial charge in [0.25, 0.3) is 11.8 Å². The molecule has 2 amide bonds. The van der Waals surface area contributed by atoms with Crippen LogP contribution in [0.5, 0.6) is 0 Å². The maximum Gasteiger partial charge on any atom is 0.281 e. The van der Waals surface area contributed by atoms with Gasteiger partial charge in [-0.25, -0.2) is 4.98 Å². The van der Waals surface area contributed by atoms with Gasteiger partial charge < -0.3 is 4.74 Å². The molecule has 1 atom stereocenters. The summed E-state index contributed by atoms with van der Waals surface area (Å²) in [5.74, 6) is -0.998.